The second kappa shape index (κ2) is 8.80. The quantitative estimate of drug-likeness (QED) is 0.840. The predicted octanol–water partition coefficient (Wildman–Crippen LogP) is 2.84. The van der Waals surface area contributed by atoms with Crippen LogP contribution in [-0.4, -0.2) is 31.8 Å². The number of amides is 1. The number of carbonyl (C=O) groups excluding carboxylic acids is 1. The minimum Gasteiger partial charge on any atom is -0.378 e. The van der Waals surface area contributed by atoms with Gasteiger partial charge in [-0.15, -0.1) is 0 Å². The van der Waals surface area contributed by atoms with Crippen LogP contribution < -0.4 is 5.32 Å². The summed E-state index contributed by atoms with van der Waals surface area (Å²) in [6, 6.07) is 10.00. The van der Waals surface area contributed by atoms with E-state index in [1.165, 1.54) is 0 Å². The molecule has 4 nitrogen and oxygen atoms in total. The van der Waals surface area contributed by atoms with E-state index in [-0.39, 0.29) is 18.1 Å². The smallest absolute Gasteiger partial charge is 0.222 e. The summed E-state index contributed by atoms with van der Waals surface area (Å²) in [5, 5.41) is 2.97. The highest BCUT2D eigenvalue weighted by atomic mass is 16.5. The Morgan fingerprint density at radius 1 is 1.38 bits per heavy atom. The number of benzene rings is 1. The average molecular weight is 291 g/mol. The molecule has 0 spiro atoms. The molecule has 1 amide bonds. The Morgan fingerprint density at radius 3 is 2.86 bits per heavy atom. The summed E-state index contributed by atoms with van der Waals surface area (Å²) in [6.07, 6.45) is 3.70. The molecule has 2 rings (SSSR count). The van der Waals surface area contributed by atoms with E-state index in [0.717, 1.165) is 31.4 Å². The molecule has 21 heavy (non-hydrogen) atoms. The standard InChI is InChI=1S/C17H25NO3/c1-2-20-16(14-8-4-3-5-9-14)13-18-17(19)12-15-10-6-7-11-21-15/h3-5,8-9,15-16H,2,6-7,10-13H2,1H3,(H,18,19). The monoisotopic (exact) mass is 291 g/mol. The number of hydrogen-bond donors (Lipinski definition) is 1. The van der Waals surface area contributed by atoms with E-state index in [1.54, 1.807) is 0 Å². The molecule has 1 N–H and O–H groups in total. The van der Waals surface area contributed by atoms with Gasteiger partial charge < -0.3 is 14.8 Å². The van der Waals surface area contributed by atoms with Crippen LogP contribution in [0.2, 0.25) is 0 Å². The highest BCUT2D eigenvalue weighted by Gasteiger charge is 2.19. The van der Waals surface area contributed by atoms with E-state index in [1.807, 2.05) is 37.3 Å². The third kappa shape index (κ3) is 5.48. The van der Waals surface area contributed by atoms with Crippen molar-refractivity contribution in [3.63, 3.8) is 0 Å². The van der Waals surface area contributed by atoms with Gasteiger partial charge in [-0.3, -0.25) is 4.79 Å². The molecule has 1 saturated heterocycles. The van der Waals surface area contributed by atoms with Gasteiger partial charge in [0.15, 0.2) is 0 Å². The van der Waals surface area contributed by atoms with Crippen LogP contribution in [0.15, 0.2) is 30.3 Å². The lowest BCUT2D eigenvalue weighted by molar-refractivity contribution is -0.125. The van der Waals surface area contributed by atoms with Gasteiger partial charge in [-0.25, -0.2) is 0 Å². The van der Waals surface area contributed by atoms with Gasteiger partial charge in [0.2, 0.25) is 5.91 Å². The topological polar surface area (TPSA) is 47.6 Å². The summed E-state index contributed by atoms with van der Waals surface area (Å²) < 4.78 is 11.3. The summed E-state index contributed by atoms with van der Waals surface area (Å²) in [7, 11) is 0. The summed E-state index contributed by atoms with van der Waals surface area (Å²) in [6.45, 7) is 3.88. The Kier molecular flexibility index (Phi) is 6.70. The predicted molar refractivity (Wildman–Crippen MR) is 82.0 cm³/mol. The van der Waals surface area contributed by atoms with Gasteiger partial charge in [-0.1, -0.05) is 30.3 Å². The van der Waals surface area contributed by atoms with E-state index in [9.17, 15) is 4.79 Å². The molecule has 116 valence electrons. The molecule has 0 saturated carbocycles. The maximum Gasteiger partial charge on any atom is 0.222 e. The summed E-state index contributed by atoms with van der Waals surface area (Å²) in [4.78, 5) is 12.0. The zero-order valence-electron chi connectivity index (χ0n) is 12.7. The molecule has 1 heterocycles. The number of rotatable bonds is 7. The van der Waals surface area contributed by atoms with Gasteiger partial charge in [0.05, 0.1) is 18.6 Å². The van der Waals surface area contributed by atoms with Gasteiger partial charge >= 0.3 is 0 Å². The Balaban J connectivity index is 1.79. The molecule has 1 aromatic carbocycles. The zero-order chi connectivity index (χ0) is 14.9. The van der Waals surface area contributed by atoms with Gasteiger partial charge in [-0.2, -0.15) is 0 Å². The number of nitrogens with one attached hydrogen (secondary N) is 1. The lowest BCUT2D eigenvalue weighted by Crippen LogP contribution is -2.33. The van der Waals surface area contributed by atoms with Crippen LogP contribution in [0.1, 0.15) is 44.3 Å². The molecule has 0 radical (unpaired) electrons. The van der Waals surface area contributed by atoms with Crippen molar-refractivity contribution in [3.05, 3.63) is 35.9 Å². The molecule has 4 heteroatoms. The molecule has 1 aromatic rings. The van der Waals surface area contributed by atoms with Crippen LogP contribution in [0.25, 0.3) is 0 Å². The Bertz CT molecular complexity index is 415. The van der Waals surface area contributed by atoms with E-state index >= 15 is 0 Å². The van der Waals surface area contributed by atoms with Crippen molar-refractivity contribution in [2.45, 2.75) is 44.8 Å². The maximum absolute atomic E-state index is 12.0. The number of carbonyl (C=O) groups is 1. The Hall–Kier alpha value is -1.39. The summed E-state index contributed by atoms with van der Waals surface area (Å²) in [5.74, 6) is 0.0440. The van der Waals surface area contributed by atoms with Crippen molar-refractivity contribution in [1.82, 2.24) is 5.32 Å². The first-order chi connectivity index (χ1) is 10.3. The van der Waals surface area contributed by atoms with Crippen molar-refractivity contribution >= 4 is 5.91 Å². The SMILES string of the molecule is CCOC(CNC(=O)CC1CCCCO1)c1ccccc1. The zero-order valence-corrected chi connectivity index (χ0v) is 12.7. The van der Waals surface area contributed by atoms with Crippen LogP contribution in [-0.2, 0) is 14.3 Å². The van der Waals surface area contributed by atoms with Crippen molar-refractivity contribution in [1.29, 1.82) is 0 Å². The summed E-state index contributed by atoms with van der Waals surface area (Å²) in [5.41, 5.74) is 1.09. The van der Waals surface area contributed by atoms with Crippen LogP contribution in [0.3, 0.4) is 0 Å². The minimum absolute atomic E-state index is 0.0440. The normalized spacial score (nSPS) is 20.0. The average Bonchev–Trinajstić information content (AvgIpc) is 2.53. The van der Waals surface area contributed by atoms with E-state index in [2.05, 4.69) is 5.32 Å². The van der Waals surface area contributed by atoms with Crippen LogP contribution >= 0.6 is 0 Å². The van der Waals surface area contributed by atoms with Crippen LogP contribution in [0.5, 0.6) is 0 Å². The fourth-order valence-electron chi connectivity index (χ4n) is 2.60. The summed E-state index contributed by atoms with van der Waals surface area (Å²) >= 11 is 0. The van der Waals surface area contributed by atoms with Crippen molar-refractivity contribution in [3.8, 4) is 0 Å². The van der Waals surface area contributed by atoms with Gasteiger partial charge in [0.1, 0.15) is 0 Å². The molecule has 1 aliphatic heterocycles. The molecule has 0 aromatic heterocycles. The second-order valence-electron chi connectivity index (χ2n) is 5.35. The van der Waals surface area contributed by atoms with Gasteiger partial charge in [-0.05, 0) is 31.7 Å². The van der Waals surface area contributed by atoms with Gasteiger partial charge in [0, 0.05) is 19.8 Å². The van der Waals surface area contributed by atoms with Crippen LogP contribution in [0.4, 0.5) is 0 Å². The molecule has 0 bridgehead atoms. The lowest BCUT2D eigenvalue weighted by Gasteiger charge is -2.23. The van der Waals surface area contributed by atoms with Crippen molar-refractivity contribution in [2.24, 2.45) is 0 Å². The molecule has 1 aliphatic rings. The van der Waals surface area contributed by atoms with E-state index < -0.39 is 0 Å². The van der Waals surface area contributed by atoms with Crippen LogP contribution in [0, 0.1) is 0 Å². The highest BCUT2D eigenvalue weighted by molar-refractivity contribution is 5.76. The fourth-order valence-corrected chi connectivity index (χ4v) is 2.60. The molecular formula is C17H25NO3. The largest absolute Gasteiger partial charge is 0.378 e. The first-order valence-corrected chi connectivity index (χ1v) is 7.84. The highest BCUT2D eigenvalue weighted by Crippen LogP contribution is 2.17. The molecule has 2 unspecified atom stereocenters. The van der Waals surface area contributed by atoms with Gasteiger partial charge in [0.25, 0.3) is 0 Å². The number of ether oxygens (including phenoxy) is 2. The Morgan fingerprint density at radius 2 is 2.19 bits per heavy atom. The molecule has 1 fully saturated rings. The first kappa shape index (κ1) is 16.0. The maximum atomic E-state index is 12.0. The van der Waals surface area contributed by atoms with Crippen molar-refractivity contribution < 1.29 is 14.3 Å². The Labute approximate surface area is 126 Å². The molecule has 2 atom stereocenters. The number of hydrogen-bond acceptors (Lipinski definition) is 3. The van der Waals surface area contributed by atoms with E-state index in [0.29, 0.717) is 19.6 Å². The third-order valence-electron chi connectivity index (χ3n) is 3.71. The van der Waals surface area contributed by atoms with E-state index in [4.69, 9.17) is 9.47 Å². The molecule has 0 aliphatic carbocycles. The second-order valence-corrected chi connectivity index (χ2v) is 5.35. The lowest BCUT2D eigenvalue weighted by atomic mass is 10.1. The fraction of sp³-hybridized carbons (Fsp3) is 0.588. The van der Waals surface area contributed by atoms with Crippen molar-refractivity contribution in [2.75, 3.05) is 19.8 Å². The third-order valence-corrected chi connectivity index (χ3v) is 3.71. The molecular weight excluding hydrogens is 266 g/mol. The minimum atomic E-state index is -0.0903. The first-order valence-electron chi connectivity index (χ1n) is 7.84.